The van der Waals surface area contributed by atoms with Crippen molar-refractivity contribution in [1.29, 1.82) is 0 Å². The van der Waals surface area contributed by atoms with Gasteiger partial charge in [0.15, 0.2) is 0 Å². The number of carbonyl (C=O) groups is 4. The van der Waals surface area contributed by atoms with E-state index in [1.807, 2.05) is 23.5 Å². The molecule has 0 aromatic carbocycles. The van der Waals surface area contributed by atoms with Crippen LogP contribution in [0.25, 0.3) is 0 Å². The minimum atomic E-state index is -0.422. The Morgan fingerprint density at radius 1 is 0.518 bits per heavy atom. The minimum Gasteiger partial charge on any atom is -0.461 e. The van der Waals surface area contributed by atoms with Crippen molar-refractivity contribution >= 4 is 59.5 Å². The van der Waals surface area contributed by atoms with Gasteiger partial charge in [-0.05, 0) is 180 Å². The molecule has 6 N–H and O–H groups in total. The molecule has 472 valence electrons. The number of carbonyl (C=O) groups excluding carboxylic acids is 4. The van der Waals surface area contributed by atoms with Gasteiger partial charge in [0.1, 0.15) is 24.6 Å². The first kappa shape index (κ1) is 64.8. The molecule has 0 aromatic rings. The highest BCUT2D eigenvalue weighted by atomic mass is 32.2. The number of rotatable bonds is 11. The van der Waals surface area contributed by atoms with E-state index in [0.717, 1.165) is 146 Å². The summed E-state index contributed by atoms with van der Waals surface area (Å²) in [6.45, 7) is 17.4. The van der Waals surface area contributed by atoms with Crippen molar-refractivity contribution in [3.05, 3.63) is 0 Å². The molecule has 3 aliphatic heterocycles. The van der Waals surface area contributed by atoms with Crippen molar-refractivity contribution in [3.8, 4) is 0 Å². The third kappa shape index (κ3) is 11.9. The summed E-state index contributed by atoms with van der Waals surface area (Å²) in [6.07, 6.45) is 19.9. The molecule has 0 aromatic heterocycles. The number of esters is 3. The molecule has 0 bridgehead atoms. The molecular formula is C66H106O14S3. The van der Waals surface area contributed by atoms with Crippen LogP contribution in [0.5, 0.6) is 0 Å². The van der Waals surface area contributed by atoms with Gasteiger partial charge in [-0.2, -0.15) is 35.3 Å². The van der Waals surface area contributed by atoms with E-state index in [-0.39, 0.29) is 105 Å². The van der Waals surface area contributed by atoms with Crippen molar-refractivity contribution in [2.45, 2.75) is 267 Å². The number of unbranched alkanes of at least 4 members (excludes halogenated alkanes) is 2. The summed E-state index contributed by atoms with van der Waals surface area (Å²) < 4.78 is 23.3. The highest BCUT2D eigenvalue weighted by Gasteiger charge is 2.68. The summed E-state index contributed by atoms with van der Waals surface area (Å²) >= 11 is 5.64. The summed E-state index contributed by atoms with van der Waals surface area (Å²) in [5.74, 6) is 5.38. The maximum atomic E-state index is 11.9. The minimum absolute atomic E-state index is 0.0150. The van der Waals surface area contributed by atoms with E-state index < -0.39 is 11.5 Å². The SMILES string of the molecule is CC(=O)O[C@H]1CSC2C3C(CC[C@@]21C)[C@@]1(C)CC[C@H](O)CC1C[C@@H]3O.CC(=O)O[C@H]1CSC2C3C(CC[C@@]21C)[C@@]1(C)CC[C@H](OCCCCC=O)CC1C[C@@H]3O.CCC(=O)O[C@H]1CSC2C3C(CC[C@@]21CO)[C@@]1(C)CC[C@H](O)CC1C[C@@H]3O. The highest BCUT2D eigenvalue weighted by molar-refractivity contribution is 8.00. The molecule has 0 spiro atoms. The van der Waals surface area contributed by atoms with Gasteiger partial charge in [-0.3, -0.25) is 14.4 Å². The number of thioether (sulfide) groups is 3. The molecule has 14 nitrogen and oxygen atoms in total. The van der Waals surface area contributed by atoms with Crippen molar-refractivity contribution in [2.75, 3.05) is 30.5 Å². The normalized spacial score (nSPS) is 50.8. The average molecular weight is 1220 g/mol. The Kier molecular flexibility index (Phi) is 20.0. The lowest BCUT2D eigenvalue weighted by Gasteiger charge is -2.61. The molecule has 9 saturated carbocycles. The zero-order valence-corrected chi connectivity index (χ0v) is 53.9. The molecule has 0 amide bonds. The molecule has 12 rings (SSSR count). The molecule has 0 radical (unpaired) electrons. The van der Waals surface area contributed by atoms with E-state index in [1.165, 1.54) is 20.3 Å². The standard InChI is InChI=1S/C25H40O5S.C21H34O5S.C20H32O4S/c1-16(27)30-21-15-31-23-22-19(8-10-25(21,23)3)24(2)9-7-18(13-17(24)14-20(22)28)29-12-6-4-5-11-26;1-3-17(25)26-16-10-27-19-18-14(5-7-21(16,19)11-22)20(2)6-4-13(23)8-12(20)9-15(18)24;1-11(21)24-16-10-25-18-17-14(5-7-20(16,18)3)19(2)6-4-13(22)8-12(19)9-15(17)23/h11,17-23,28H,4-10,12-15H2,1-3H3;12-16,18-19,22-24H,3-11H2,1-2H3;12-18,22-23H,4-10H2,1-3H3/t17?,18-,19?,20-,21-,22?,23?,24-,25+;12?,13-,14?,15-,16-,18?,19?,20-,21-;12?,13-,14?,15-,16-,17?,18?,19-,20+/m000/s1. The molecule has 12 aliphatic rings. The molecule has 83 heavy (non-hydrogen) atoms. The zero-order chi connectivity index (χ0) is 59.6. The molecule has 12 unspecified atom stereocenters. The zero-order valence-electron chi connectivity index (χ0n) is 51.5. The fourth-order valence-electron chi connectivity index (χ4n) is 21.2. The number of ether oxygens (including phenoxy) is 4. The van der Waals surface area contributed by atoms with Crippen molar-refractivity contribution in [1.82, 2.24) is 0 Å². The summed E-state index contributed by atoms with van der Waals surface area (Å²) in [4.78, 5) is 45.6. The molecule has 3 heterocycles. The monoisotopic (exact) mass is 1220 g/mol. The summed E-state index contributed by atoms with van der Waals surface area (Å²) in [6, 6.07) is 0. The average Bonchev–Trinajstić information content (AvgIpc) is 3.98. The van der Waals surface area contributed by atoms with Gasteiger partial charge >= 0.3 is 17.9 Å². The molecule has 3 saturated heterocycles. The molecule has 17 heteroatoms. The fourth-order valence-corrected chi connectivity index (χ4v) is 27.4. The van der Waals surface area contributed by atoms with Gasteiger partial charge in [0.25, 0.3) is 0 Å². The topological polar surface area (TPSA) is 227 Å². The van der Waals surface area contributed by atoms with Crippen molar-refractivity contribution < 1.29 is 68.8 Å². The Morgan fingerprint density at radius 3 is 1.40 bits per heavy atom. The lowest BCUT2D eigenvalue weighted by atomic mass is 9.46. The third-order valence-corrected chi connectivity index (χ3v) is 31.2. The number of aliphatic hydroxyl groups excluding tert-OH is 6. The van der Waals surface area contributed by atoms with Crippen LogP contribution in [0.2, 0.25) is 0 Å². The lowest BCUT2D eigenvalue weighted by Crippen LogP contribution is -2.62. The lowest BCUT2D eigenvalue weighted by molar-refractivity contribution is -0.175. The van der Waals surface area contributed by atoms with Gasteiger partial charge in [-0.1, -0.05) is 41.5 Å². The second-order valence-corrected chi connectivity index (χ2v) is 33.7. The number of aliphatic hydroxyl groups is 6. The number of hydrogen-bond donors (Lipinski definition) is 6. The Hall–Kier alpha value is -1.15. The molecule has 27 atom stereocenters. The summed E-state index contributed by atoms with van der Waals surface area (Å²) in [5.41, 5.74) is 0.200. The van der Waals surface area contributed by atoms with Crippen LogP contribution in [0, 0.1) is 85.8 Å². The largest absolute Gasteiger partial charge is 0.461 e. The van der Waals surface area contributed by atoms with Gasteiger partial charge in [0.2, 0.25) is 0 Å². The Morgan fingerprint density at radius 2 is 0.940 bits per heavy atom. The van der Waals surface area contributed by atoms with Crippen LogP contribution in [0.3, 0.4) is 0 Å². The quantitative estimate of drug-likeness (QED) is 0.0490. The van der Waals surface area contributed by atoms with Crippen molar-refractivity contribution in [3.63, 3.8) is 0 Å². The van der Waals surface area contributed by atoms with Crippen LogP contribution in [-0.4, -0.2) is 156 Å². The Balaban J connectivity index is 0.000000140. The second kappa shape index (κ2) is 25.6. The molecule has 12 fully saturated rings. The predicted octanol–water partition coefficient (Wildman–Crippen LogP) is 9.75. The molecular weight excluding hydrogens is 1110 g/mol. The van der Waals surface area contributed by atoms with E-state index in [0.29, 0.717) is 82.5 Å². The number of aldehydes is 1. The predicted molar refractivity (Wildman–Crippen MR) is 324 cm³/mol. The van der Waals surface area contributed by atoms with Gasteiger partial charge in [0, 0.05) is 100 Å². The summed E-state index contributed by atoms with van der Waals surface area (Å²) in [7, 11) is 0. The maximum Gasteiger partial charge on any atom is 0.305 e. The number of fused-ring (bicyclic) bond motifs is 15. The first-order chi connectivity index (χ1) is 39.4. The summed E-state index contributed by atoms with van der Waals surface area (Å²) in [5, 5.41) is 65.1. The van der Waals surface area contributed by atoms with Crippen LogP contribution < -0.4 is 0 Å². The number of hydrogen-bond acceptors (Lipinski definition) is 17. The maximum absolute atomic E-state index is 11.9. The van der Waals surface area contributed by atoms with Crippen LogP contribution in [-0.2, 0) is 38.1 Å². The second-order valence-electron chi connectivity index (χ2n) is 30.2. The Labute approximate surface area is 509 Å². The molecule has 9 aliphatic carbocycles. The Bertz CT molecular complexity index is 2300. The first-order valence-corrected chi connectivity index (χ1v) is 36.0. The van der Waals surface area contributed by atoms with Gasteiger partial charge < -0.3 is 54.4 Å². The van der Waals surface area contributed by atoms with Crippen LogP contribution in [0.4, 0.5) is 0 Å². The van der Waals surface area contributed by atoms with Crippen LogP contribution in [0.1, 0.15) is 197 Å². The van der Waals surface area contributed by atoms with E-state index in [2.05, 4.69) is 34.6 Å². The van der Waals surface area contributed by atoms with Crippen LogP contribution in [0.15, 0.2) is 0 Å². The van der Waals surface area contributed by atoms with Crippen LogP contribution >= 0.6 is 35.3 Å². The smallest absolute Gasteiger partial charge is 0.305 e. The van der Waals surface area contributed by atoms with E-state index in [9.17, 15) is 49.8 Å². The van der Waals surface area contributed by atoms with Crippen molar-refractivity contribution in [2.24, 2.45) is 85.8 Å². The van der Waals surface area contributed by atoms with Gasteiger partial charge in [0.05, 0.1) is 43.2 Å². The van der Waals surface area contributed by atoms with E-state index in [4.69, 9.17) is 18.9 Å². The van der Waals surface area contributed by atoms with E-state index >= 15 is 0 Å². The third-order valence-electron chi connectivity index (χ3n) is 26.1. The highest BCUT2D eigenvalue weighted by Crippen LogP contribution is 2.69. The van der Waals surface area contributed by atoms with E-state index in [1.54, 1.807) is 18.7 Å². The fraction of sp³-hybridized carbons (Fsp3) is 0.939. The first-order valence-electron chi connectivity index (χ1n) is 32.9. The van der Waals surface area contributed by atoms with Gasteiger partial charge in [-0.25, -0.2) is 0 Å². The van der Waals surface area contributed by atoms with Gasteiger partial charge in [-0.15, -0.1) is 0 Å².